The quantitative estimate of drug-likeness (QED) is 0.689. The highest BCUT2D eigenvalue weighted by molar-refractivity contribution is 8.09. The molecule has 1 aromatic heterocycles. The lowest BCUT2D eigenvalue weighted by atomic mass is 10.0. The van der Waals surface area contributed by atoms with Gasteiger partial charge in [0.2, 0.25) is 0 Å². The largest absolute Gasteiger partial charge is 0.494 e. The predicted octanol–water partition coefficient (Wildman–Crippen LogP) is 3.31. The van der Waals surface area contributed by atoms with Crippen LogP contribution in [0, 0.1) is 28.5 Å². The molecule has 2 aromatic rings. The van der Waals surface area contributed by atoms with Crippen LogP contribution >= 0.6 is 11.8 Å². The molecule has 0 radical (unpaired) electrons. The lowest BCUT2D eigenvalue weighted by molar-refractivity contribution is -0.119. The number of nitrogens with zero attached hydrogens (tertiary/aromatic N) is 5. The van der Waals surface area contributed by atoms with Gasteiger partial charge in [-0.15, -0.1) is 11.8 Å². The highest BCUT2D eigenvalue weighted by Gasteiger charge is 2.49. The van der Waals surface area contributed by atoms with Crippen molar-refractivity contribution in [1.82, 2.24) is 9.88 Å². The van der Waals surface area contributed by atoms with Crippen molar-refractivity contribution in [3.05, 3.63) is 59.7 Å². The molecule has 4 rings (SSSR count). The molecule has 2 unspecified atom stereocenters. The second-order valence-electron chi connectivity index (χ2n) is 6.97. The van der Waals surface area contributed by atoms with Gasteiger partial charge < -0.3 is 9.64 Å². The van der Waals surface area contributed by atoms with Gasteiger partial charge in [-0.1, -0.05) is 0 Å². The van der Waals surface area contributed by atoms with Crippen LogP contribution < -0.4 is 9.64 Å². The summed E-state index contributed by atoms with van der Waals surface area (Å²) in [5.41, 5.74) is 0.837. The Morgan fingerprint density at radius 3 is 2.78 bits per heavy atom. The van der Waals surface area contributed by atoms with Gasteiger partial charge in [-0.2, -0.15) is 10.5 Å². The maximum Gasteiger partial charge on any atom is 0.332 e. The molecule has 1 fully saturated rings. The first kappa shape index (κ1) is 21.3. The standard InChI is InChI=1S/C22H16FN5O3S/c1-31-18-9-15(13(11-25)8-16(18)23)19-10-17-20(32-19)21(29)28(14-4-2-6-26-12-14)22(30)27(17)7-3-5-24/h2,4,6,8-10,12,17,20H,3,7H2,1H3. The Morgan fingerprint density at radius 1 is 1.31 bits per heavy atom. The number of carbonyl (C=O) groups is 2. The Hall–Kier alpha value is -3.89. The van der Waals surface area contributed by atoms with Crippen LogP contribution in [0.5, 0.6) is 5.75 Å². The number of ether oxygens (including phenoxy) is 1. The molecule has 0 spiro atoms. The SMILES string of the molecule is COc1cc(C2=CC3C(S2)C(=O)N(c2cccnc2)C(=O)N3CCC#N)c(C#N)cc1F. The van der Waals surface area contributed by atoms with Crippen molar-refractivity contribution < 1.29 is 18.7 Å². The van der Waals surface area contributed by atoms with Crippen LogP contribution in [0.4, 0.5) is 14.9 Å². The molecule has 1 aromatic carbocycles. The number of pyridine rings is 1. The fraction of sp³-hybridized carbons (Fsp3) is 0.227. The maximum atomic E-state index is 14.1. The summed E-state index contributed by atoms with van der Waals surface area (Å²) < 4.78 is 19.1. The topological polar surface area (TPSA) is 110 Å². The number of urea groups is 1. The van der Waals surface area contributed by atoms with Crippen molar-refractivity contribution in [2.45, 2.75) is 17.7 Å². The fourth-order valence-corrected chi connectivity index (χ4v) is 5.07. The van der Waals surface area contributed by atoms with Crippen molar-refractivity contribution in [2.24, 2.45) is 0 Å². The third-order valence-electron chi connectivity index (χ3n) is 5.19. The molecule has 10 heteroatoms. The number of rotatable bonds is 5. The number of methoxy groups -OCH3 is 1. The van der Waals surface area contributed by atoms with Gasteiger partial charge in [0.05, 0.1) is 49.2 Å². The summed E-state index contributed by atoms with van der Waals surface area (Å²) in [5.74, 6) is -1.13. The minimum Gasteiger partial charge on any atom is -0.494 e. The molecular formula is C22H16FN5O3S. The minimum absolute atomic E-state index is 0.0314. The molecule has 0 aliphatic carbocycles. The zero-order valence-electron chi connectivity index (χ0n) is 16.9. The number of fused-ring (bicyclic) bond motifs is 1. The number of anilines is 1. The number of carbonyl (C=O) groups excluding carboxylic acids is 2. The lowest BCUT2D eigenvalue weighted by Gasteiger charge is -2.40. The van der Waals surface area contributed by atoms with E-state index in [2.05, 4.69) is 4.98 Å². The number of amides is 3. The second kappa shape index (κ2) is 8.69. The Kier molecular flexibility index (Phi) is 5.80. The van der Waals surface area contributed by atoms with Crippen molar-refractivity contribution >= 4 is 34.3 Å². The van der Waals surface area contributed by atoms with Crippen LogP contribution in [-0.4, -0.2) is 46.8 Å². The Labute approximate surface area is 187 Å². The number of imide groups is 1. The van der Waals surface area contributed by atoms with Crippen molar-refractivity contribution in [3.63, 3.8) is 0 Å². The van der Waals surface area contributed by atoms with Gasteiger partial charge in [-0.3, -0.25) is 9.78 Å². The van der Waals surface area contributed by atoms with E-state index in [1.165, 1.54) is 42.2 Å². The van der Waals surface area contributed by atoms with E-state index in [1.54, 1.807) is 18.2 Å². The van der Waals surface area contributed by atoms with E-state index in [9.17, 15) is 19.2 Å². The molecule has 2 aliphatic heterocycles. The third kappa shape index (κ3) is 3.55. The molecule has 3 amide bonds. The van der Waals surface area contributed by atoms with E-state index in [4.69, 9.17) is 10.00 Å². The van der Waals surface area contributed by atoms with E-state index in [0.717, 1.165) is 11.0 Å². The summed E-state index contributed by atoms with van der Waals surface area (Å²) in [5, 5.41) is 17.9. The van der Waals surface area contributed by atoms with Crippen molar-refractivity contribution in [2.75, 3.05) is 18.6 Å². The van der Waals surface area contributed by atoms with Crippen LogP contribution in [0.3, 0.4) is 0 Å². The fourth-order valence-electron chi connectivity index (χ4n) is 3.71. The van der Waals surface area contributed by atoms with E-state index < -0.39 is 29.0 Å². The number of nitriles is 2. The van der Waals surface area contributed by atoms with Crippen LogP contribution in [0.2, 0.25) is 0 Å². The molecule has 3 heterocycles. The number of benzene rings is 1. The van der Waals surface area contributed by atoms with Gasteiger partial charge in [0.15, 0.2) is 11.6 Å². The highest BCUT2D eigenvalue weighted by Crippen LogP contribution is 2.46. The summed E-state index contributed by atoms with van der Waals surface area (Å²) in [6.07, 6.45) is 4.77. The summed E-state index contributed by atoms with van der Waals surface area (Å²) in [6.45, 7) is 0.128. The first-order valence-electron chi connectivity index (χ1n) is 9.58. The molecule has 32 heavy (non-hydrogen) atoms. The molecule has 1 saturated heterocycles. The normalized spacial score (nSPS) is 19.8. The molecule has 8 nitrogen and oxygen atoms in total. The van der Waals surface area contributed by atoms with Crippen molar-refractivity contribution in [1.29, 1.82) is 10.5 Å². The summed E-state index contributed by atoms with van der Waals surface area (Å²) >= 11 is 1.19. The number of hydrogen-bond donors (Lipinski definition) is 0. The molecule has 0 saturated carbocycles. The third-order valence-corrected chi connectivity index (χ3v) is 6.54. The van der Waals surface area contributed by atoms with Crippen molar-refractivity contribution in [3.8, 4) is 17.9 Å². The second-order valence-corrected chi connectivity index (χ2v) is 8.16. The molecule has 160 valence electrons. The molecule has 0 bridgehead atoms. The summed E-state index contributed by atoms with van der Waals surface area (Å²) in [7, 11) is 1.32. The van der Waals surface area contributed by atoms with Gasteiger partial charge in [-0.05, 0) is 30.3 Å². The zero-order chi connectivity index (χ0) is 22.8. The monoisotopic (exact) mass is 449 g/mol. The number of aromatic nitrogens is 1. The smallest absolute Gasteiger partial charge is 0.332 e. The Bertz CT molecular complexity index is 1200. The molecule has 2 aliphatic rings. The Morgan fingerprint density at radius 2 is 2.12 bits per heavy atom. The van der Waals surface area contributed by atoms with Gasteiger partial charge in [0.25, 0.3) is 5.91 Å². The number of halogens is 1. The van der Waals surface area contributed by atoms with E-state index in [-0.39, 0.29) is 24.3 Å². The van der Waals surface area contributed by atoms with Gasteiger partial charge in [0.1, 0.15) is 5.25 Å². The summed E-state index contributed by atoms with van der Waals surface area (Å²) in [6, 6.07) is 8.56. The van der Waals surface area contributed by atoms with E-state index >= 15 is 0 Å². The average molecular weight is 449 g/mol. The van der Waals surface area contributed by atoms with Crippen LogP contribution in [-0.2, 0) is 4.79 Å². The molecular weight excluding hydrogens is 433 g/mol. The van der Waals surface area contributed by atoms with E-state index in [0.29, 0.717) is 16.2 Å². The van der Waals surface area contributed by atoms with Gasteiger partial charge >= 0.3 is 6.03 Å². The molecule has 2 atom stereocenters. The first-order valence-corrected chi connectivity index (χ1v) is 10.5. The van der Waals surface area contributed by atoms with Crippen LogP contribution in [0.15, 0.2) is 42.7 Å². The van der Waals surface area contributed by atoms with Gasteiger partial charge in [0, 0.05) is 23.2 Å². The minimum atomic E-state index is -0.691. The van der Waals surface area contributed by atoms with E-state index in [1.807, 2.05) is 12.1 Å². The Balaban J connectivity index is 1.77. The number of hydrogen-bond acceptors (Lipinski definition) is 7. The summed E-state index contributed by atoms with van der Waals surface area (Å²) in [4.78, 5) is 33.6. The highest BCUT2D eigenvalue weighted by atomic mass is 32.2. The lowest BCUT2D eigenvalue weighted by Crippen LogP contribution is -2.62. The maximum absolute atomic E-state index is 14.1. The van der Waals surface area contributed by atoms with Gasteiger partial charge in [-0.25, -0.2) is 14.1 Å². The van der Waals surface area contributed by atoms with Crippen LogP contribution in [0.1, 0.15) is 17.5 Å². The number of thioether (sulfide) groups is 1. The average Bonchev–Trinajstić information content (AvgIpc) is 3.25. The first-order chi connectivity index (χ1) is 15.5. The predicted molar refractivity (Wildman–Crippen MR) is 115 cm³/mol. The molecule has 0 N–H and O–H groups in total. The zero-order valence-corrected chi connectivity index (χ0v) is 17.7. The van der Waals surface area contributed by atoms with Crippen LogP contribution in [0.25, 0.3) is 4.91 Å².